The Balaban J connectivity index is 0.00000108. The second kappa shape index (κ2) is 8.90. The molecule has 0 saturated carbocycles. The number of nitrogens with zero attached hydrogens (tertiary/aromatic N) is 1. The molecule has 0 spiro atoms. The second-order valence-electron chi connectivity index (χ2n) is 6.66. The normalized spacial score (nSPS) is 30.4. The topological polar surface area (TPSA) is 75.7 Å². The van der Waals surface area contributed by atoms with E-state index in [1.54, 1.807) is 0 Å². The third-order valence-corrected chi connectivity index (χ3v) is 4.21. The van der Waals surface area contributed by atoms with Crippen molar-refractivity contribution >= 4 is 11.9 Å². The maximum atomic E-state index is 11.4. The van der Waals surface area contributed by atoms with Gasteiger partial charge in [-0.15, -0.1) is 6.42 Å². The Morgan fingerprint density at radius 2 is 1.70 bits per heavy atom. The molecule has 1 saturated heterocycles. The fourth-order valence-electron chi connectivity index (χ4n) is 2.65. The van der Waals surface area contributed by atoms with Crippen LogP contribution in [0.2, 0.25) is 0 Å². The Kier molecular flexibility index (Phi) is 8.29. The molecule has 0 radical (unpaired) electrons. The van der Waals surface area contributed by atoms with Gasteiger partial charge in [-0.1, -0.05) is 13.8 Å². The molecule has 132 valence electrons. The largest absolute Gasteiger partial charge is 0.550 e. The standard InChI is InChI=1S/C15H26NO3.C2H4O2/c1-8-9-16(6,7)15-14(19-13(5)17)11(3)10(2)12(4)18-15;1-2(3)4/h1,10-12,14-15H,9H2,2-7H3;1H3,(H,3,4)/q+1;/p-1/t10-,11+,12?,14?,15+;/m1./s1. The number of rotatable bonds is 3. The number of ether oxygens (including phenoxy) is 2. The van der Waals surface area contributed by atoms with Crippen LogP contribution in [-0.4, -0.2) is 55.5 Å². The molecule has 5 atom stereocenters. The van der Waals surface area contributed by atoms with Crippen LogP contribution in [0.1, 0.15) is 34.6 Å². The van der Waals surface area contributed by atoms with Crippen molar-refractivity contribution in [1.82, 2.24) is 0 Å². The predicted molar refractivity (Wildman–Crippen MR) is 84.7 cm³/mol. The number of carboxylic acid groups (broad SMARTS) is 1. The van der Waals surface area contributed by atoms with Crippen LogP contribution in [0.5, 0.6) is 0 Å². The number of carbonyl (C=O) groups is 2. The fraction of sp³-hybridized carbons (Fsp3) is 0.765. The van der Waals surface area contributed by atoms with Gasteiger partial charge < -0.3 is 19.4 Å². The highest BCUT2D eigenvalue weighted by atomic mass is 16.6. The Morgan fingerprint density at radius 3 is 2.09 bits per heavy atom. The van der Waals surface area contributed by atoms with Gasteiger partial charge in [-0.25, -0.2) is 0 Å². The Bertz CT molecular complexity index is 450. The summed E-state index contributed by atoms with van der Waals surface area (Å²) in [6.07, 6.45) is 5.08. The van der Waals surface area contributed by atoms with Crippen molar-refractivity contribution in [1.29, 1.82) is 0 Å². The fourth-order valence-corrected chi connectivity index (χ4v) is 2.65. The summed E-state index contributed by atoms with van der Waals surface area (Å²) in [5.41, 5.74) is 0. The first-order valence-electron chi connectivity index (χ1n) is 7.70. The van der Waals surface area contributed by atoms with Crippen LogP contribution in [0.4, 0.5) is 0 Å². The Morgan fingerprint density at radius 1 is 1.22 bits per heavy atom. The molecular weight excluding hydrogens is 298 g/mol. The summed E-state index contributed by atoms with van der Waals surface area (Å²) in [6, 6.07) is 0. The van der Waals surface area contributed by atoms with E-state index in [0.717, 1.165) is 6.92 Å². The van der Waals surface area contributed by atoms with Gasteiger partial charge in [-0.2, -0.15) is 0 Å². The lowest BCUT2D eigenvalue weighted by Crippen LogP contribution is -2.63. The van der Waals surface area contributed by atoms with Crippen LogP contribution in [0.3, 0.4) is 0 Å². The predicted octanol–water partition coefficient (Wildman–Crippen LogP) is 0.401. The van der Waals surface area contributed by atoms with Crippen molar-refractivity contribution in [3.8, 4) is 12.3 Å². The average molecular weight is 327 g/mol. The van der Waals surface area contributed by atoms with Gasteiger partial charge in [0.25, 0.3) is 0 Å². The zero-order chi connectivity index (χ0) is 18.4. The van der Waals surface area contributed by atoms with Gasteiger partial charge in [-0.05, 0) is 25.7 Å². The molecule has 0 amide bonds. The molecule has 1 aliphatic rings. The van der Waals surface area contributed by atoms with E-state index in [1.165, 1.54) is 6.92 Å². The molecule has 1 aliphatic heterocycles. The van der Waals surface area contributed by atoms with Gasteiger partial charge >= 0.3 is 5.97 Å². The van der Waals surface area contributed by atoms with Gasteiger partial charge in [0.15, 0.2) is 6.10 Å². The van der Waals surface area contributed by atoms with Crippen LogP contribution in [0, 0.1) is 24.2 Å². The summed E-state index contributed by atoms with van der Waals surface area (Å²) < 4.78 is 12.1. The zero-order valence-electron chi connectivity index (χ0n) is 15.2. The molecule has 1 heterocycles. The number of hydrogen-bond donors (Lipinski definition) is 0. The molecule has 0 aliphatic carbocycles. The van der Waals surface area contributed by atoms with E-state index < -0.39 is 5.97 Å². The first-order chi connectivity index (χ1) is 10.4. The van der Waals surface area contributed by atoms with E-state index in [2.05, 4.69) is 26.7 Å². The van der Waals surface area contributed by atoms with Crippen LogP contribution in [0.25, 0.3) is 0 Å². The molecule has 0 N–H and O–H groups in total. The third kappa shape index (κ3) is 6.59. The van der Waals surface area contributed by atoms with Gasteiger partial charge in [0.05, 0.1) is 20.2 Å². The zero-order valence-corrected chi connectivity index (χ0v) is 15.2. The summed E-state index contributed by atoms with van der Waals surface area (Å²) in [7, 11) is 4.02. The average Bonchev–Trinajstić information content (AvgIpc) is 2.38. The maximum absolute atomic E-state index is 11.4. The van der Waals surface area contributed by atoms with E-state index in [1.807, 2.05) is 14.1 Å². The molecule has 23 heavy (non-hydrogen) atoms. The molecule has 0 bridgehead atoms. The first-order valence-corrected chi connectivity index (χ1v) is 7.70. The lowest BCUT2D eigenvalue weighted by Gasteiger charge is -2.48. The van der Waals surface area contributed by atoms with E-state index in [-0.39, 0.29) is 30.3 Å². The van der Waals surface area contributed by atoms with Crippen LogP contribution in [-0.2, 0) is 19.1 Å². The molecule has 0 aromatic rings. The van der Waals surface area contributed by atoms with E-state index >= 15 is 0 Å². The van der Waals surface area contributed by atoms with Crippen molar-refractivity contribution in [2.75, 3.05) is 20.6 Å². The van der Waals surface area contributed by atoms with Crippen LogP contribution < -0.4 is 5.11 Å². The molecule has 6 heteroatoms. The first kappa shape index (κ1) is 21.4. The molecule has 0 aromatic heterocycles. The van der Waals surface area contributed by atoms with Crippen molar-refractivity contribution in [2.45, 2.75) is 53.1 Å². The molecular formula is C17H29NO5. The third-order valence-electron chi connectivity index (χ3n) is 4.21. The molecule has 2 unspecified atom stereocenters. The monoisotopic (exact) mass is 327 g/mol. The van der Waals surface area contributed by atoms with Gasteiger partial charge in [0.2, 0.25) is 6.23 Å². The number of carboxylic acids is 1. The number of aliphatic carboxylic acids is 1. The lowest BCUT2D eigenvalue weighted by molar-refractivity contribution is -0.938. The van der Waals surface area contributed by atoms with Crippen molar-refractivity contribution in [3.05, 3.63) is 0 Å². The molecule has 6 nitrogen and oxygen atoms in total. The maximum Gasteiger partial charge on any atom is 0.303 e. The summed E-state index contributed by atoms with van der Waals surface area (Å²) in [6.45, 7) is 9.25. The smallest absolute Gasteiger partial charge is 0.303 e. The van der Waals surface area contributed by atoms with Gasteiger partial charge in [0.1, 0.15) is 6.54 Å². The number of hydrogen-bond acceptors (Lipinski definition) is 5. The summed E-state index contributed by atoms with van der Waals surface area (Å²) in [5, 5.41) is 8.89. The Labute approximate surface area is 139 Å². The number of esters is 1. The number of terminal acetylenes is 1. The number of quaternary nitrogens is 1. The SMILES string of the molecule is C#CC[N+](C)(C)[C@H]1OC(C)[C@H](C)[C@H](C)C1OC(C)=O.CC(=O)[O-]. The quantitative estimate of drug-likeness (QED) is 0.426. The van der Waals surface area contributed by atoms with Gasteiger partial charge in [-0.3, -0.25) is 9.28 Å². The van der Waals surface area contributed by atoms with Crippen molar-refractivity contribution in [2.24, 2.45) is 11.8 Å². The highest BCUT2D eigenvalue weighted by molar-refractivity contribution is 5.66. The van der Waals surface area contributed by atoms with Gasteiger partial charge in [0, 0.05) is 18.8 Å². The summed E-state index contributed by atoms with van der Waals surface area (Å²) in [4.78, 5) is 20.2. The summed E-state index contributed by atoms with van der Waals surface area (Å²) in [5.74, 6) is 1.90. The van der Waals surface area contributed by atoms with Crippen LogP contribution >= 0.6 is 0 Å². The number of carbonyl (C=O) groups excluding carboxylic acids is 2. The second-order valence-corrected chi connectivity index (χ2v) is 6.66. The molecule has 1 fully saturated rings. The highest BCUT2D eigenvalue weighted by Crippen LogP contribution is 2.35. The highest BCUT2D eigenvalue weighted by Gasteiger charge is 2.49. The van der Waals surface area contributed by atoms with Crippen molar-refractivity contribution < 1.29 is 28.7 Å². The Hall–Kier alpha value is -1.58. The van der Waals surface area contributed by atoms with Crippen molar-refractivity contribution in [3.63, 3.8) is 0 Å². The van der Waals surface area contributed by atoms with E-state index in [9.17, 15) is 4.79 Å². The number of likely N-dealkylation sites (N-methyl/N-ethyl adjacent to an activating group) is 1. The minimum atomic E-state index is -1.08. The lowest BCUT2D eigenvalue weighted by atomic mass is 9.83. The van der Waals surface area contributed by atoms with E-state index in [0.29, 0.717) is 16.9 Å². The summed E-state index contributed by atoms with van der Waals surface area (Å²) >= 11 is 0. The minimum Gasteiger partial charge on any atom is -0.550 e. The van der Waals surface area contributed by atoms with E-state index in [4.69, 9.17) is 25.8 Å². The molecule has 0 aromatic carbocycles. The molecule has 1 rings (SSSR count). The van der Waals surface area contributed by atoms with Crippen LogP contribution in [0.15, 0.2) is 0 Å². The minimum absolute atomic E-state index is 0.127.